The quantitative estimate of drug-likeness (QED) is 0.938. The predicted molar refractivity (Wildman–Crippen MR) is 86.6 cm³/mol. The molecule has 0 bridgehead atoms. The van der Waals surface area contributed by atoms with E-state index in [0.29, 0.717) is 17.0 Å². The number of para-hydroxylation sites is 1. The number of nitrogens with zero attached hydrogens (tertiary/aromatic N) is 1. The molecule has 1 amide bonds. The molecule has 1 N–H and O–H groups in total. The van der Waals surface area contributed by atoms with Crippen molar-refractivity contribution in [2.24, 2.45) is 0 Å². The third kappa shape index (κ3) is 2.71. The molecule has 1 aromatic heterocycles. The summed E-state index contributed by atoms with van der Waals surface area (Å²) in [5.41, 5.74) is 1.80. The van der Waals surface area contributed by atoms with Gasteiger partial charge in [0.1, 0.15) is 17.1 Å². The van der Waals surface area contributed by atoms with Gasteiger partial charge in [-0.15, -0.1) is 0 Å². The van der Waals surface area contributed by atoms with Crippen LogP contribution in [0.15, 0.2) is 28.8 Å². The number of methoxy groups -OCH3 is 1. The third-order valence-corrected chi connectivity index (χ3v) is 4.69. The number of amides is 1. The first-order valence-electron chi connectivity index (χ1n) is 7.96. The highest BCUT2D eigenvalue weighted by Crippen LogP contribution is 2.42. The van der Waals surface area contributed by atoms with E-state index >= 15 is 0 Å². The van der Waals surface area contributed by atoms with Gasteiger partial charge in [0.25, 0.3) is 5.91 Å². The van der Waals surface area contributed by atoms with Crippen molar-refractivity contribution < 1.29 is 14.1 Å². The third-order valence-electron chi connectivity index (χ3n) is 4.69. The molecule has 3 rings (SSSR count). The van der Waals surface area contributed by atoms with Crippen LogP contribution in [0.4, 0.5) is 0 Å². The van der Waals surface area contributed by atoms with Gasteiger partial charge in [-0.2, -0.15) is 0 Å². The maximum atomic E-state index is 12.8. The topological polar surface area (TPSA) is 64.4 Å². The fraction of sp³-hybridized carbons (Fsp3) is 0.444. The van der Waals surface area contributed by atoms with Crippen LogP contribution in [-0.4, -0.2) is 18.2 Å². The molecule has 23 heavy (non-hydrogen) atoms. The van der Waals surface area contributed by atoms with E-state index < -0.39 is 0 Å². The van der Waals surface area contributed by atoms with Crippen LogP contribution in [0.3, 0.4) is 0 Å². The summed E-state index contributed by atoms with van der Waals surface area (Å²) in [4.78, 5) is 12.8. The van der Waals surface area contributed by atoms with Crippen molar-refractivity contribution in [3.8, 4) is 5.75 Å². The summed E-state index contributed by atoms with van der Waals surface area (Å²) in [5.74, 6) is 1.23. The van der Waals surface area contributed by atoms with Crippen LogP contribution < -0.4 is 10.1 Å². The van der Waals surface area contributed by atoms with Crippen molar-refractivity contribution in [2.45, 2.75) is 45.1 Å². The van der Waals surface area contributed by atoms with Gasteiger partial charge in [-0.3, -0.25) is 4.79 Å². The molecule has 1 saturated carbocycles. The molecule has 1 aliphatic carbocycles. The van der Waals surface area contributed by atoms with Gasteiger partial charge in [-0.1, -0.05) is 36.2 Å². The van der Waals surface area contributed by atoms with E-state index in [1.807, 2.05) is 24.3 Å². The summed E-state index contributed by atoms with van der Waals surface area (Å²) in [6.07, 6.45) is 3.98. The number of carbonyl (C=O) groups excluding carboxylic acids is 1. The Bertz CT molecular complexity index is 695. The lowest BCUT2D eigenvalue weighted by Crippen LogP contribution is -2.44. The van der Waals surface area contributed by atoms with Gasteiger partial charge in [-0.25, -0.2) is 0 Å². The van der Waals surface area contributed by atoms with Gasteiger partial charge in [0.05, 0.1) is 18.3 Å². The monoisotopic (exact) mass is 314 g/mol. The fourth-order valence-corrected chi connectivity index (χ4v) is 3.57. The van der Waals surface area contributed by atoms with E-state index in [9.17, 15) is 4.79 Å². The summed E-state index contributed by atoms with van der Waals surface area (Å²) in [6.45, 7) is 3.55. The highest BCUT2D eigenvalue weighted by molar-refractivity contribution is 5.96. The standard InChI is InChI=1S/C18H22N2O3/c1-12-16(13(2)23-20-12)17(21)19-18(10-6-7-11-18)14-8-4-5-9-15(14)22-3/h4-5,8-9H,6-7,10-11H2,1-3H3,(H,19,21). The molecule has 0 radical (unpaired) electrons. The molecule has 5 heteroatoms. The molecule has 2 aromatic rings. The Morgan fingerprint density at radius 3 is 2.57 bits per heavy atom. The number of aromatic nitrogens is 1. The van der Waals surface area contributed by atoms with Crippen molar-refractivity contribution in [1.82, 2.24) is 10.5 Å². The lowest BCUT2D eigenvalue weighted by atomic mass is 9.87. The zero-order valence-corrected chi connectivity index (χ0v) is 13.8. The molecule has 0 spiro atoms. The summed E-state index contributed by atoms with van der Waals surface area (Å²) in [5, 5.41) is 7.13. The lowest BCUT2D eigenvalue weighted by Gasteiger charge is -2.32. The van der Waals surface area contributed by atoms with E-state index in [1.54, 1.807) is 21.0 Å². The van der Waals surface area contributed by atoms with Gasteiger partial charge in [0.2, 0.25) is 0 Å². The zero-order chi connectivity index (χ0) is 16.4. The van der Waals surface area contributed by atoms with E-state index in [2.05, 4.69) is 10.5 Å². The summed E-state index contributed by atoms with van der Waals surface area (Å²) in [7, 11) is 1.66. The van der Waals surface area contributed by atoms with Crippen LogP contribution in [0.1, 0.15) is 53.1 Å². The molecule has 0 saturated heterocycles. The van der Waals surface area contributed by atoms with Gasteiger partial charge >= 0.3 is 0 Å². The number of nitrogens with one attached hydrogen (secondary N) is 1. The average Bonchev–Trinajstić information content (AvgIpc) is 3.15. The van der Waals surface area contributed by atoms with Crippen LogP contribution in [0.2, 0.25) is 0 Å². The second-order valence-corrected chi connectivity index (χ2v) is 6.14. The maximum absolute atomic E-state index is 12.8. The summed E-state index contributed by atoms with van der Waals surface area (Å²) < 4.78 is 10.6. The number of hydrogen-bond acceptors (Lipinski definition) is 4. The highest BCUT2D eigenvalue weighted by atomic mass is 16.5. The Balaban J connectivity index is 1.98. The number of hydrogen-bond donors (Lipinski definition) is 1. The van der Waals surface area contributed by atoms with E-state index in [0.717, 1.165) is 37.0 Å². The molecule has 1 heterocycles. The summed E-state index contributed by atoms with van der Waals surface area (Å²) >= 11 is 0. The van der Waals surface area contributed by atoms with Gasteiger partial charge in [0.15, 0.2) is 0 Å². The minimum absolute atomic E-state index is 0.131. The van der Waals surface area contributed by atoms with E-state index in [1.165, 1.54) is 0 Å². The molecular weight excluding hydrogens is 292 g/mol. The second-order valence-electron chi connectivity index (χ2n) is 6.14. The number of benzene rings is 1. The van der Waals surface area contributed by atoms with Crippen molar-refractivity contribution in [1.29, 1.82) is 0 Å². The van der Waals surface area contributed by atoms with E-state index in [-0.39, 0.29) is 11.4 Å². The van der Waals surface area contributed by atoms with Gasteiger partial charge in [0, 0.05) is 5.56 Å². The van der Waals surface area contributed by atoms with Crippen LogP contribution >= 0.6 is 0 Å². The van der Waals surface area contributed by atoms with Crippen LogP contribution in [0.25, 0.3) is 0 Å². The van der Waals surface area contributed by atoms with Crippen LogP contribution in [0.5, 0.6) is 5.75 Å². The number of rotatable bonds is 4. The fourth-order valence-electron chi connectivity index (χ4n) is 3.57. The van der Waals surface area contributed by atoms with Crippen molar-refractivity contribution in [2.75, 3.05) is 7.11 Å². The van der Waals surface area contributed by atoms with Crippen molar-refractivity contribution in [3.05, 3.63) is 46.8 Å². The molecule has 122 valence electrons. The van der Waals surface area contributed by atoms with E-state index in [4.69, 9.17) is 9.26 Å². The molecule has 1 aliphatic rings. The maximum Gasteiger partial charge on any atom is 0.257 e. The van der Waals surface area contributed by atoms with Gasteiger partial charge in [-0.05, 0) is 32.8 Å². The Labute approximate surface area is 136 Å². The first-order chi connectivity index (χ1) is 11.1. The van der Waals surface area contributed by atoms with Gasteiger partial charge < -0.3 is 14.6 Å². The first kappa shape index (κ1) is 15.6. The Hall–Kier alpha value is -2.30. The molecule has 1 aromatic carbocycles. The highest BCUT2D eigenvalue weighted by Gasteiger charge is 2.40. The smallest absolute Gasteiger partial charge is 0.257 e. The number of aryl methyl sites for hydroxylation is 2. The van der Waals surface area contributed by atoms with Crippen molar-refractivity contribution in [3.63, 3.8) is 0 Å². The molecule has 5 nitrogen and oxygen atoms in total. The average molecular weight is 314 g/mol. The zero-order valence-electron chi connectivity index (χ0n) is 13.8. The Morgan fingerprint density at radius 1 is 1.26 bits per heavy atom. The molecule has 0 aliphatic heterocycles. The Kier molecular flexibility index (Phi) is 4.11. The van der Waals surface area contributed by atoms with Crippen molar-refractivity contribution >= 4 is 5.91 Å². The first-order valence-corrected chi connectivity index (χ1v) is 7.96. The molecule has 0 atom stereocenters. The molecule has 1 fully saturated rings. The SMILES string of the molecule is COc1ccccc1C1(NC(=O)c2c(C)noc2C)CCCC1. The minimum Gasteiger partial charge on any atom is -0.496 e. The number of ether oxygens (including phenoxy) is 1. The normalized spacial score (nSPS) is 16.3. The largest absolute Gasteiger partial charge is 0.496 e. The molecular formula is C18H22N2O3. The molecule has 0 unspecified atom stereocenters. The summed E-state index contributed by atoms with van der Waals surface area (Å²) in [6, 6.07) is 7.91. The predicted octanol–water partition coefficient (Wildman–Crippen LogP) is 3.50. The lowest BCUT2D eigenvalue weighted by molar-refractivity contribution is 0.0895. The van der Waals surface area contributed by atoms with Crippen LogP contribution in [0, 0.1) is 13.8 Å². The Morgan fingerprint density at radius 2 is 1.96 bits per heavy atom. The minimum atomic E-state index is -0.389. The number of carbonyl (C=O) groups is 1. The second kappa shape index (κ2) is 6.07. The van der Waals surface area contributed by atoms with Crippen LogP contribution in [-0.2, 0) is 5.54 Å².